The van der Waals surface area contributed by atoms with Crippen molar-refractivity contribution in [2.24, 2.45) is 5.16 Å². The van der Waals surface area contributed by atoms with Crippen molar-refractivity contribution < 1.29 is 5.21 Å². The molecule has 0 saturated carbocycles. The normalized spacial score (nSPS) is 18.2. The predicted molar refractivity (Wildman–Crippen MR) is 47.5 cm³/mol. The van der Waals surface area contributed by atoms with Crippen LogP contribution in [0.2, 0.25) is 0 Å². The minimum absolute atomic E-state index is 0.719. The van der Waals surface area contributed by atoms with Crippen molar-refractivity contribution in [1.29, 1.82) is 0 Å². The van der Waals surface area contributed by atoms with Gasteiger partial charge in [-0.3, -0.25) is 0 Å². The molecule has 0 unspecified atom stereocenters. The Kier molecular flexibility index (Phi) is 1.50. The summed E-state index contributed by atoms with van der Waals surface area (Å²) < 4.78 is 0. The molecule has 62 valence electrons. The third-order valence-electron chi connectivity index (χ3n) is 2.20. The van der Waals surface area contributed by atoms with E-state index in [1.165, 1.54) is 5.56 Å². The summed E-state index contributed by atoms with van der Waals surface area (Å²) in [4.78, 5) is 0. The van der Waals surface area contributed by atoms with Gasteiger partial charge in [0.2, 0.25) is 0 Å². The number of nitrogen functional groups attached to an aromatic ring is 1. The minimum atomic E-state index is 0.719. The van der Waals surface area contributed by atoms with Gasteiger partial charge in [-0.1, -0.05) is 11.2 Å². The van der Waals surface area contributed by atoms with E-state index in [0.717, 1.165) is 29.8 Å². The van der Waals surface area contributed by atoms with Crippen LogP contribution in [0.1, 0.15) is 17.5 Å². The molecule has 1 aromatic rings. The van der Waals surface area contributed by atoms with Crippen molar-refractivity contribution >= 4 is 11.4 Å². The van der Waals surface area contributed by atoms with Gasteiger partial charge in [-0.2, -0.15) is 0 Å². The van der Waals surface area contributed by atoms with Gasteiger partial charge < -0.3 is 10.9 Å². The van der Waals surface area contributed by atoms with Gasteiger partial charge in [-0.15, -0.1) is 0 Å². The Morgan fingerprint density at radius 1 is 1.33 bits per heavy atom. The molecule has 0 heterocycles. The van der Waals surface area contributed by atoms with Gasteiger partial charge in [-0.05, 0) is 30.5 Å². The number of hydrogen-bond acceptors (Lipinski definition) is 3. The number of fused-ring (bicyclic) bond motifs is 1. The quantitative estimate of drug-likeness (QED) is 0.344. The molecule has 1 aliphatic rings. The first-order valence-corrected chi connectivity index (χ1v) is 3.91. The van der Waals surface area contributed by atoms with E-state index in [0.29, 0.717) is 0 Å². The van der Waals surface area contributed by atoms with Crippen LogP contribution < -0.4 is 5.73 Å². The van der Waals surface area contributed by atoms with E-state index in [-0.39, 0.29) is 0 Å². The fraction of sp³-hybridized carbons (Fsp3) is 0.222. The standard InChI is InChI=1S/C9H10N2O/c10-7-3-1-6-2-4-9(11-12)8(6)5-7/h1,3,5,12H,2,4,10H2/b11-9-. The van der Waals surface area contributed by atoms with Gasteiger partial charge in [0.25, 0.3) is 0 Å². The highest BCUT2D eigenvalue weighted by atomic mass is 16.4. The average molecular weight is 162 g/mol. The lowest BCUT2D eigenvalue weighted by molar-refractivity contribution is 0.318. The third kappa shape index (κ3) is 0.942. The Balaban J connectivity index is 2.57. The summed E-state index contributed by atoms with van der Waals surface area (Å²) >= 11 is 0. The van der Waals surface area contributed by atoms with E-state index in [4.69, 9.17) is 10.9 Å². The molecular formula is C9H10N2O. The number of rotatable bonds is 0. The molecule has 3 nitrogen and oxygen atoms in total. The lowest BCUT2D eigenvalue weighted by Gasteiger charge is -1.99. The molecule has 12 heavy (non-hydrogen) atoms. The Morgan fingerprint density at radius 3 is 2.92 bits per heavy atom. The van der Waals surface area contributed by atoms with Crippen molar-refractivity contribution in [2.75, 3.05) is 5.73 Å². The third-order valence-corrected chi connectivity index (χ3v) is 2.20. The largest absolute Gasteiger partial charge is 0.411 e. The molecule has 0 amide bonds. The Morgan fingerprint density at radius 2 is 2.17 bits per heavy atom. The number of benzene rings is 1. The van der Waals surface area contributed by atoms with E-state index < -0.39 is 0 Å². The van der Waals surface area contributed by atoms with Crippen LogP contribution >= 0.6 is 0 Å². The molecule has 2 rings (SSSR count). The molecule has 0 atom stereocenters. The smallest absolute Gasteiger partial charge is 0.0874 e. The average Bonchev–Trinajstić information content (AvgIpc) is 2.46. The van der Waals surface area contributed by atoms with Crippen LogP contribution in [0.25, 0.3) is 0 Å². The number of nitrogens with two attached hydrogens (primary N) is 1. The summed E-state index contributed by atoms with van der Waals surface area (Å²) in [7, 11) is 0. The molecule has 0 bridgehead atoms. The second-order valence-electron chi connectivity index (χ2n) is 2.96. The summed E-state index contributed by atoms with van der Waals surface area (Å²) in [5, 5.41) is 11.9. The number of aryl methyl sites for hydroxylation is 1. The Labute approximate surface area is 70.5 Å². The topological polar surface area (TPSA) is 58.6 Å². The molecule has 0 fully saturated rings. The second kappa shape index (κ2) is 2.52. The fourth-order valence-electron chi connectivity index (χ4n) is 1.57. The molecule has 0 radical (unpaired) electrons. The van der Waals surface area contributed by atoms with Crippen LogP contribution in [0.5, 0.6) is 0 Å². The SMILES string of the molecule is Nc1ccc2c(c1)/C(=N\O)CC2. The first kappa shape index (κ1) is 7.16. The number of anilines is 1. The van der Waals surface area contributed by atoms with Crippen molar-refractivity contribution in [3.05, 3.63) is 29.3 Å². The van der Waals surface area contributed by atoms with Crippen LogP contribution in [-0.2, 0) is 6.42 Å². The van der Waals surface area contributed by atoms with Gasteiger partial charge in [-0.25, -0.2) is 0 Å². The summed E-state index contributed by atoms with van der Waals surface area (Å²) in [5.74, 6) is 0. The second-order valence-corrected chi connectivity index (χ2v) is 2.96. The lowest BCUT2D eigenvalue weighted by Crippen LogP contribution is -1.95. The van der Waals surface area contributed by atoms with Crippen molar-refractivity contribution in [1.82, 2.24) is 0 Å². The molecule has 1 aliphatic carbocycles. The van der Waals surface area contributed by atoms with Gasteiger partial charge in [0.05, 0.1) is 5.71 Å². The number of hydrogen-bond donors (Lipinski definition) is 2. The Bertz CT molecular complexity index is 344. The molecule has 1 aromatic carbocycles. The highest BCUT2D eigenvalue weighted by Crippen LogP contribution is 2.24. The van der Waals surface area contributed by atoms with Crippen molar-refractivity contribution in [3.8, 4) is 0 Å². The number of nitrogens with zero attached hydrogens (tertiary/aromatic N) is 1. The van der Waals surface area contributed by atoms with Gasteiger partial charge >= 0.3 is 0 Å². The first-order chi connectivity index (χ1) is 5.81. The van der Waals surface area contributed by atoms with Crippen LogP contribution in [-0.4, -0.2) is 10.9 Å². The van der Waals surface area contributed by atoms with Crippen LogP contribution in [0.15, 0.2) is 23.4 Å². The molecular weight excluding hydrogens is 152 g/mol. The van der Waals surface area contributed by atoms with Gasteiger partial charge in [0, 0.05) is 11.3 Å². The lowest BCUT2D eigenvalue weighted by atomic mass is 10.1. The zero-order chi connectivity index (χ0) is 8.55. The summed E-state index contributed by atoms with van der Waals surface area (Å²) in [6.45, 7) is 0. The Hall–Kier alpha value is -1.51. The molecule has 3 heteroatoms. The van der Waals surface area contributed by atoms with Crippen molar-refractivity contribution in [3.63, 3.8) is 0 Å². The summed E-state index contributed by atoms with van der Waals surface area (Å²) in [6.07, 6.45) is 1.77. The highest BCUT2D eigenvalue weighted by molar-refractivity contribution is 6.04. The zero-order valence-corrected chi connectivity index (χ0v) is 6.62. The van der Waals surface area contributed by atoms with E-state index >= 15 is 0 Å². The molecule has 0 spiro atoms. The fourth-order valence-corrected chi connectivity index (χ4v) is 1.57. The predicted octanol–water partition coefficient (Wildman–Crippen LogP) is 1.39. The molecule has 0 aliphatic heterocycles. The highest BCUT2D eigenvalue weighted by Gasteiger charge is 2.17. The molecule has 0 saturated heterocycles. The van der Waals surface area contributed by atoms with Crippen LogP contribution in [0.4, 0.5) is 5.69 Å². The number of oxime groups is 1. The molecule has 3 N–H and O–H groups in total. The minimum Gasteiger partial charge on any atom is -0.411 e. The van der Waals surface area contributed by atoms with Crippen LogP contribution in [0.3, 0.4) is 0 Å². The monoisotopic (exact) mass is 162 g/mol. The van der Waals surface area contributed by atoms with Crippen molar-refractivity contribution in [2.45, 2.75) is 12.8 Å². The van der Waals surface area contributed by atoms with E-state index in [1.54, 1.807) is 0 Å². The van der Waals surface area contributed by atoms with Gasteiger partial charge in [0.15, 0.2) is 0 Å². The van der Waals surface area contributed by atoms with E-state index in [1.807, 2.05) is 18.2 Å². The first-order valence-electron chi connectivity index (χ1n) is 3.91. The zero-order valence-electron chi connectivity index (χ0n) is 6.62. The maximum atomic E-state index is 8.65. The van der Waals surface area contributed by atoms with Crippen LogP contribution in [0, 0.1) is 0 Å². The molecule has 0 aromatic heterocycles. The summed E-state index contributed by atoms with van der Waals surface area (Å²) in [5.41, 5.74) is 9.30. The van der Waals surface area contributed by atoms with E-state index in [9.17, 15) is 0 Å². The van der Waals surface area contributed by atoms with E-state index in [2.05, 4.69) is 5.16 Å². The summed E-state index contributed by atoms with van der Waals surface area (Å²) in [6, 6.07) is 5.72. The maximum Gasteiger partial charge on any atom is 0.0874 e. The maximum absolute atomic E-state index is 8.65. The van der Waals surface area contributed by atoms with Gasteiger partial charge in [0.1, 0.15) is 0 Å².